The summed E-state index contributed by atoms with van der Waals surface area (Å²) in [6.45, 7) is 4.95. The average Bonchev–Trinajstić information content (AvgIpc) is 2.97. The van der Waals surface area contributed by atoms with Crippen LogP contribution in [0.15, 0.2) is 47.5 Å². The molecular weight excluding hydrogens is 344 g/mol. The monoisotopic (exact) mass is 366 g/mol. The molecule has 1 aromatic rings. The van der Waals surface area contributed by atoms with E-state index in [9.17, 15) is 9.59 Å². The number of hydrogen-bond donors (Lipinski definition) is 0. The van der Waals surface area contributed by atoms with Gasteiger partial charge in [-0.05, 0) is 26.0 Å². The van der Waals surface area contributed by atoms with E-state index in [0.29, 0.717) is 35.6 Å². The van der Waals surface area contributed by atoms with E-state index >= 15 is 0 Å². The summed E-state index contributed by atoms with van der Waals surface area (Å²) in [6, 6.07) is 9.22. The Bertz CT molecular complexity index is 998. The number of aryl methyl sites for hydroxylation is 1. The number of aromatic nitrogens is 3. The topological polar surface area (TPSA) is 69.4 Å². The number of fused-ring (bicyclic) bond motifs is 1. The summed E-state index contributed by atoms with van der Waals surface area (Å²) in [4.78, 5) is 27.9. The molecule has 7 nitrogen and oxygen atoms in total. The fourth-order valence-electron chi connectivity index (χ4n) is 3.65. The molecule has 0 saturated carbocycles. The largest absolute Gasteiger partial charge is 0.372 e. The Balaban J connectivity index is 1.81. The molecule has 140 valence electrons. The predicted octanol–water partition coefficient (Wildman–Crippen LogP) is 1.93. The zero-order chi connectivity index (χ0) is 19.1. The lowest BCUT2D eigenvalue weighted by Crippen LogP contribution is -2.48. The molecule has 1 fully saturated rings. The third kappa shape index (κ3) is 3.14. The normalized spacial score (nSPS) is 20.2. The Labute approximate surface area is 157 Å². The third-order valence-corrected chi connectivity index (χ3v) is 4.74. The number of para-hydroxylation sites is 1. The van der Waals surface area contributed by atoms with Crippen LogP contribution in [0.3, 0.4) is 0 Å². The second kappa shape index (κ2) is 6.66. The van der Waals surface area contributed by atoms with Gasteiger partial charge in [0.1, 0.15) is 5.69 Å². The van der Waals surface area contributed by atoms with Gasteiger partial charge in [0.2, 0.25) is 0 Å². The first-order valence-corrected chi connectivity index (χ1v) is 9.03. The lowest BCUT2D eigenvalue weighted by atomic mass is 10.1. The van der Waals surface area contributed by atoms with Crippen LogP contribution < -0.4 is 5.56 Å². The maximum atomic E-state index is 13.2. The van der Waals surface area contributed by atoms with Gasteiger partial charge in [0.05, 0.1) is 29.0 Å². The highest BCUT2D eigenvalue weighted by Crippen LogP contribution is 2.24. The quantitative estimate of drug-likeness (QED) is 0.695. The number of pyridine rings is 1. The van der Waals surface area contributed by atoms with E-state index in [2.05, 4.69) is 5.10 Å². The lowest BCUT2D eigenvalue weighted by Gasteiger charge is -2.35. The van der Waals surface area contributed by atoms with Crippen molar-refractivity contribution in [2.75, 3.05) is 13.1 Å². The Kier molecular flexibility index (Phi) is 4.31. The molecule has 1 amide bonds. The Morgan fingerprint density at radius 3 is 2.44 bits per heavy atom. The standard InChI is InChI=1S/C20H22N4O3/c1-13-9-23(10-14(2)27-13)19(25)16-11-22(3)12-17-18(16)21-24(20(17)26)15-7-5-4-6-8-15/h4-8,11-14H,9-10H2,1-3H3. The molecule has 3 aliphatic heterocycles. The van der Waals surface area contributed by atoms with Crippen LogP contribution in [-0.2, 0) is 11.8 Å². The molecular formula is C20H22N4O3. The van der Waals surface area contributed by atoms with Crippen LogP contribution in [0.25, 0.3) is 16.9 Å². The van der Waals surface area contributed by atoms with E-state index in [1.54, 1.807) is 28.9 Å². The van der Waals surface area contributed by atoms with Gasteiger partial charge in [-0.15, -0.1) is 0 Å². The van der Waals surface area contributed by atoms with Crippen molar-refractivity contribution in [2.45, 2.75) is 26.1 Å². The highest BCUT2D eigenvalue weighted by Gasteiger charge is 2.31. The van der Waals surface area contributed by atoms with Gasteiger partial charge in [0, 0.05) is 32.5 Å². The van der Waals surface area contributed by atoms with Crippen molar-refractivity contribution in [3.63, 3.8) is 0 Å². The molecule has 0 aromatic heterocycles. The van der Waals surface area contributed by atoms with Gasteiger partial charge < -0.3 is 14.2 Å². The first kappa shape index (κ1) is 17.5. The van der Waals surface area contributed by atoms with Crippen LogP contribution in [0.1, 0.15) is 24.2 Å². The molecule has 4 rings (SSSR count). The summed E-state index contributed by atoms with van der Waals surface area (Å²) in [7, 11) is 1.81. The smallest absolute Gasteiger partial charge is 0.282 e. The highest BCUT2D eigenvalue weighted by molar-refractivity contribution is 6.00. The van der Waals surface area contributed by atoms with Crippen molar-refractivity contribution in [1.82, 2.24) is 19.2 Å². The molecule has 0 spiro atoms. The van der Waals surface area contributed by atoms with Crippen molar-refractivity contribution in [3.05, 3.63) is 58.6 Å². The molecule has 1 saturated heterocycles. The molecule has 3 aliphatic rings. The van der Waals surface area contributed by atoms with Gasteiger partial charge >= 0.3 is 0 Å². The van der Waals surface area contributed by atoms with Gasteiger partial charge in [-0.1, -0.05) is 18.2 Å². The summed E-state index contributed by atoms with van der Waals surface area (Å²) >= 11 is 0. The maximum Gasteiger partial charge on any atom is 0.282 e. The third-order valence-electron chi connectivity index (χ3n) is 4.74. The summed E-state index contributed by atoms with van der Waals surface area (Å²) in [5, 5.41) is 4.49. The van der Waals surface area contributed by atoms with Crippen LogP contribution in [0.2, 0.25) is 0 Å². The lowest BCUT2D eigenvalue weighted by molar-refractivity contribution is -0.0586. The summed E-state index contributed by atoms with van der Waals surface area (Å²) < 4.78 is 8.82. The molecule has 0 aliphatic carbocycles. The Morgan fingerprint density at radius 1 is 1.11 bits per heavy atom. The number of rotatable bonds is 2. The van der Waals surface area contributed by atoms with E-state index in [1.165, 1.54) is 4.68 Å². The Morgan fingerprint density at radius 2 is 1.78 bits per heavy atom. The number of benzene rings is 1. The van der Waals surface area contributed by atoms with Crippen LogP contribution in [0.5, 0.6) is 0 Å². The minimum atomic E-state index is -0.231. The van der Waals surface area contributed by atoms with Gasteiger partial charge in [-0.3, -0.25) is 9.59 Å². The summed E-state index contributed by atoms with van der Waals surface area (Å²) in [5.74, 6) is -0.129. The van der Waals surface area contributed by atoms with Crippen molar-refractivity contribution >= 4 is 5.91 Å². The number of amides is 1. The number of ether oxygens (including phenoxy) is 1. The van der Waals surface area contributed by atoms with Crippen molar-refractivity contribution < 1.29 is 9.53 Å². The molecule has 1 aromatic carbocycles. The highest BCUT2D eigenvalue weighted by atomic mass is 16.5. The SMILES string of the molecule is CC1CN(C(=O)c2cn(C)cc3c(=O)n(-c4ccccc4)nc2-3)CC(C)O1. The minimum Gasteiger partial charge on any atom is -0.372 e. The molecule has 2 unspecified atom stereocenters. The molecule has 3 heterocycles. The fraction of sp³-hybridized carbons (Fsp3) is 0.350. The molecule has 27 heavy (non-hydrogen) atoms. The first-order chi connectivity index (χ1) is 12.9. The van der Waals surface area contributed by atoms with Gasteiger partial charge in [0.15, 0.2) is 0 Å². The van der Waals surface area contributed by atoms with Gasteiger partial charge in [0.25, 0.3) is 11.5 Å². The van der Waals surface area contributed by atoms with E-state index in [4.69, 9.17) is 4.74 Å². The van der Waals surface area contributed by atoms with Crippen molar-refractivity contribution in [1.29, 1.82) is 0 Å². The van der Waals surface area contributed by atoms with Crippen LogP contribution in [-0.4, -0.2) is 50.5 Å². The van der Waals surface area contributed by atoms with E-state index in [1.807, 2.05) is 44.2 Å². The van der Waals surface area contributed by atoms with E-state index in [0.717, 1.165) is 0 Å². The molecule has 0 radical (unpaired) electrons. The maximum absolute atomic E-state index is 13.2. The number of nitrogens with zero attached hydrogens (tertiary/aromatic N) is 4. The first-order valence-electron chi connectivity index (χ1n) is 9.03. The minimum absolute atomic E-state index is 0.0254. The number of hydrogen-bond acceptors (Lipinski definition) is 4. The van der Waals surface area contributed by atoms with E-state index in [-0.39, 0.29) is 23.7 Å². The molecule has 0 bridgehead atoms. The van der Waals surface area contributed by atoms with Crippen molar-refractivity contribution in [2.24, 2.45) is 7.05 Å². The number of carbonyl (C=O) groups excluding carboxylic acids is 1. The van der Waals surface area contributed by atoms with Gasteiger partial charge in [-0.25, -0.2) is 0 Å². The predicted molar refractivity (Wildman–Crippen MR) is 101 cm³/mol. The summed E-state index contributed by atoms with van der Waals surface area (Å²) in [6.07, 6.45) is 3.40. The zero-order valence-electron chi connectivity index (χ0n) is 15.6. The van der Waals surface area contributed by atoms with Crippen LogP contribution in [0.4, 0.5) is 0 Å². The second-order valence-corrected chi connectivity index (χ2v) is 7.12. The van der Waals surface area contributed by atoms with Crippen LogP contribution >= 0.6 is 0 Å². The van der Waals surface area contributed by atoms with Gasteiger partial charge in [-0.2, -0.15) is 9.78 Å². The summed E-state index contributed by atoms with van der Waals surface area (Å²) in [5.41, 5.74) is 1.74. The molecule has 2 atom stereocenters. The zero-order valence-corrected chi connectivity index (χ0v) is 15.6. The van der Waals surface area contributed by atoms with E-state index < -0.39 is 0 Å². The van der Waals surface area contributed by atoms with Crippen molar-refractivity contribution in [3.8, 4) is 16.9 Å². The Hall–Kier alpha value is -2.93. The number of morpholine rings is 1. The average molecular weight is 366 g/mol. The second-order valence-electron chi connectivity index (χ2n) is 7.12. The molecule has 0 N–H and O–H groups in total. The number of carbonyl (C=O) groups is 1. The van der Waals surface area contributed by atoms with Crippen LogP contribution in [0, 0.1) is 0 Å². The molecule has 7 heteroatoms. The fourth-order valence-corrected chi connectivity index (χ4v) is 3.65.